The third-order valence-corrected chi connectivity index (χ3v) is 7.22. The van der Waals surface area contributed by atoms with Crippen molar-refractivity contribution in [1.82, 2.24) is 14.9 Å². The molecule has 0 unspecified atom stereocenters. The Morgan fingerprint density at radius 2 is 2.00 bits per heavy atom. The molecule has 0 N–H and O–H groups in total. The molecule has 0 atom stereocenters. The highest BCUT2D eigenvalue weighted by Gasteiger charge is 2.28. The first-order valence-corrected chi connectivity index (χ1v) is 12.1. The first-order valence-electron chi connectivity index (χ1n) is 11.3. The van der Waals surface area contributed by atoms with Crippen LogP contribution < -0.4 is 4.90 Å². The zero-order valence-electron chi connectivity index (χ0n) is 19.1. The first kappa shape index (κ1) is 23.0. The molecule has 1 aromatic heterocycles. The lowest BCUT2D eigenvalue weighted by Gasteiger charge is -2.32. The van der Waals surface area contributed by atoms with Crippen molar-refractivity contribution in [3.8, 4) is 0 Å². The van der Waals surface area contributed by atoms with E-state index in [1.165, 1.54) is 10.5 Å². The number of rotatable bonds is 8. The zero-order chi connectivity index (χ0) is 22.5. The molecule has 0 bridgehead atoms. The molecule has 0 saturated heterocycles. The van der Waals surface area contributed by atoms with Gasteiger partial charge in [0.15, 0.2) is 5.82 Å². The second-order valence-electron chi connectivity index (χ2n) is 8.60. The molecule has 0 amide bonds. The second-order valence-corrected chi connectivity index (χ2v) is 9.63. The Bertz CT molecular complexity index is 933. The van der Waals surface area contributed by atoms with Crippen LogP contribution in [0.25, 0.3) is 0 Å². The molecule has 2 aliphatic rings. The van der Waals surface area contributed by atoms with Crippen LogP contribution in [0.1, 0.15) is 38.2 Å². The van der Waals surface area contributed by atoms with Crippen LogP contribution in [0.15, 0.2) is 40.5 Å². The summed E-state index contributed by atoms with van der Waals surface area (Å²) in [5.74, 6) is 1.55. The molecule has 1 saturated carbocycles. The fraction of sp³-hybridized carbons (Fsp3) is 0.542. The molecule has 172 valence electrons. The Labute approximate surface area is 194 Å². The van der Waals surface area contributed by atoms with Gasteiger partial charge in [0.25, 0.3) is 0 Å². The van der Waals surface area contributed by atoms with Gasteiger partial charge in [0.2, 0.25) is 0 Å². The maximum Gasteiger partial charge on any atom is 0.308 e. The normalized spacial score (nSPS) is 20.1. The van der Waals surface area contributed by atoms with Crippen LogP contribution in [0.5, 0.6) is 0 Å². The number of methoxy groups -OCH3 is 1. The van der Waals surface area contributed by atoms with Gasteiger partial charge < -0.3 is 14.4 Å². The van der Waals surface area contributed by atoms with Crippen molar-refractivity contribution in [3.05, 3.63) is 36.2 Å². The van der Waals surface area contributed by atoms with Crippen molar-refractivity contribution < 1.29 is 14.3 Å². The average Bonchev–Trinajstić information content (AvgIpc) is 2.80. The maximum atomic E-state index is 12.0. The molecular formula is C24H32N4O3S. The van der Waals surface area contributed by atoms with Gasteiger partial charge in [-0.25, -0.2) is 9.97 Å². The minimum Gasteiger partial charge on any atom is -0.466 e. The van der Waals surface area contributed by atoms with Crippen molar-refractivity contribution in [2.75, 3.05) is 38.9 Å². The Morgan fingerprint density at radius 1 is 1.22 bits per heavy atom. The molecule has 32 heavy (non-hydrogen) atoms. The summed E-state index contributed by atoms with van der Waals surface area (Å²) in [4.78, 5) is 26.6. The van der Waals surface area contributed by atoms with Crippen molar-refractivity contribution in [1.29, 1.82) is 0 Å². The average molecular weight is 457 g/mol. The van der Waals surface area contributed by atoms with E-state index < -0.39 is 0 Å². The Hall–Kier alpha value is -2.16. The van der Waals surface area contributed by atoms with Gasteiger partial charge in [-0.1, -0.05) is 17.8 Å². The molecule has 2 aromatic rings. The number of esters is 1. The van der Waals surface area contributed by atoms with E-state index in [-0.39, 0.29) is 11.9 Å². The molecule has 7 nitrogen and oxygen atoms in total. The van der Waals surface area contributed by atoms with Crippen LogP contribution in [-0.2, 0) is 20.8 Å². The molecule has 1 aliphatic heterocycles. The molecule has 2 heterocycles. The first-order chi connectivity index (χ1) is 15.6. The van der Waals surface area contributed by atoms with Gasteiger partial charge in [-0.05, 0) is 63.3 Å². The van der Waals surface area contributed by atoms with E-state index in [0.717, 1.165) is 55.3 Å². The lowest BCUT2D eigenvalue weighted by atomic mass is 9.82. The summed E-state index contributed by atoms with van der Waals surface area (Å²) < 4.78 is 10.7. The van der Waals surface area contributed by atoms with Gasteiger partial charge >= 0.3 is 5.97 Å². The molecule has 1 fully saturated rings. The quantitative estimate of drug-likeness (QED) is 0.539. The highest BCUT2D eigenvalue weighted by atomic mass is 32.2. The second kappa shape index (κ2) is 10.6. The van der Waals surface area contributed by atoms with Crippen LogP contribution in [0.4, 0.5) is 11.5 Å². The lowest BCUT2D eigenvalue weighted by Crippen LogP contribution is -2.30. The number of anilines is 2. The monoisotopic (exact) mass is 456 g/mol. The molecular weight excluding hydrogens is 424 g/mol. The maximum absolute atomic E-state index is 12.0. The summed E-state index contributed by atoms with van der Waals surface area (Å²) in [5, 5.41) is 0.903. The van der Waals surface area contributed by atoms with Gasteiger partial charge in [-0.3, -0.25) is 9.69 Å². The van der Waals surface area contributed by atoms with Crippen molar-refractivity contribution in [2.45, 2.75) is 49.1 Å². The fourth-order valence-corrected chi connectivity index (χ4v) is 5.66. The highest BCUT2D eigenvalue weighted by Crippen LogP contribution is 2.46. The van der Waals surface area contributed by atoms with Crippen LogP contribution in [0.2, 0.25) is 0 Å². The number of hydrogen-bond acceptors (Lipinski definition) is 8. The van der Waals surface area contributed by atoms with Gasteiger partial charge in [0.1, 0.15) is 11.8 Å². The van der Waals surface area contributed by atoms with Gasteiger partial charge in [0.05, 0.1) is 18.2 Å². The Morgan fingerprint density at radius 3 is 2.75 bits per heavy atom. The third-order valence-electron chi connectivity index (χ3n) is 6.17. The van der Waals surface area contributed by atoms with Crippen LogP contribution in [-0.4, -0.2) is 54.9 Å². The predicted molar refractivity (Wildman–Crippen MR) is 125 cm³/mol. The number of benzene rings is 1. The van der Waals surface area contributed by atoms with Crippen LogP contribution in [0, 0.1) is 11.8 Å². The van der Waals surface area contributed by atoms with Crippen molar-refractivity contribution >= 4 is 29.2 Å². The van der Waals surface area contributed by atoms with Gasteiger partial charge in [-0.15, -0.1) is 0 Å². The molecule has 0 spiro atoms. The number of carbonyl (C=O) groups is 1. The fourth-order valence-electron chi connectivity index (χ4n) is 4.67. The predicted octanol–water partition coefficient (Wildman–Crippen LogP) is 4.48. The highest BCUT2D eigenvalue weighted by molar-refractivity contribution is 7.99. The Kier molecular flexibility index (Phi) is 7.65. The van der Waals surface area contributed by atoms with E-state index in [0.29, 0.717) is 19.3 Å². The number of fused-ring (bicyclic) bond motifs is 2. The lowest BCUT2D eigenvalue weighted by molar-refractivity contribution is -0.149. The molecule has 8 heteroatoms. The number of ether oxygens (including phenoxy) is 2. The minimum absolute atomic E-state index is 0.0156. The van der Waals surface area contributed by atoms with Gasteiger partial charge in [-0.2, -0.15) is 0 Å². The molecule has 1 aliphatic carbocycles. The van der Waals surface area contributed by atoms with E-state index in [2.05, 4.69) is 45.0 Å². The summed E-state index contributed by atoms with van der Waals surface area (Å²) >= 11 is 1.65. The third kappa shape index (κ3) is 5.24. The van der Waals surface area contributed by atoms with Crippen LogP contribution >= 0.6 is 11.8 Å². The number of hydrogen-bond donors (Lipinski definition) is 0. The number of carbonyl (C=O) groups excluding carboxylic acids is 1. The van der Waals surface area contributed by atoms with E-state index in [1.807, 2.05) is 6.92 Å². The summed E-state index contributed by atoms with van der Waals surface area (Å²) in [6, 6.07) is 6.62. The summed E-state index contributed by atoms with van der Waals surface area (Å²) in [7, 11) is 3.88. The van der Waals surface area contributed by atoms with Gasteiger partial charge in [0, 0.05) is 37.5 Å². The largest absolute Gasteiger partial charge is 0.466 e. The zero-order valence-corrected chi connectivity index (χ0v) is 19.9. The minimum atomic E-state index is -0.0156. The molecule has 0 radical (unpaired) electrons. The number of nitrogens with zero attached hydrogens (tertiary/aromatic N) is 4. The summed E-state index contributed by atoms with van der Waals surface area (Å²) in [6.07, 6.45) is 7.52. The van der Waals surface area contributed by atoms with E-state index in [9.17, 15) is 4.79 Å². The SMILES string of the molecule is CCOC(=O)C1CCC(CN(C)Cc2ccc3c(c2)N(COC)c2nccnc2S3)CC1. The topological polar surface area (TPSA) is 67.8 Å². The summed E-state index contributed by atoms with van der Waals surface area (Å²) in [6.45, 7) is 4.70. The van der Waals surface area contributed by atoms with E-state index >= 15 is 0 Å². The molecule has 4 rings (SSSR count). The Balaban J connectivity index is 1.38. The van der Waals surface area contributed by atoms with Crippen molar-refractivity contribution in [3.63, 3.8) is 0 Å². The smallest absolute Gasteiger partial charge is 0.308 e. The van der Waals surface area contributed by atoms with Crippen LogP contribution in [0.3, 0.4) is 0 Å². The van der Waals surface area contributed by atoms with E-state index in [4.69, 9.17) is 9.47 Å². The van der Waals surface area contributed by atoms with Crippen molar-refractivity contribution in [2.24, 2.45) is 11.8 Å². The molecule has 1 aromatic carbocycles. The standard InChI is InChI=1S/C24H32N4O3S/c1-4-31-24(29)19-8-5-17(6-9-19)14-27(2)15-18-7-10-21-20(13-18)28(16-30-3)22-23(32-21)26-12-11-25-22/h7,10-13,17,19H,4-6,8-9,14-16H2,1-3H3. The summed E-state index contributed by atoms with van der Waals surface area (Å²) in [5.41, 5.74) is 2.38. The van der Waals surface area contributed by atoms with E-state index in [1.54, 1.807) is 31.3 Å². The number of aromatic nitrogens is 2.